The fourth-order valence-corrected chi connectivity index (χ4v) is 1.04. The van der Waals surface area contributed by atoms with Gasteiger partial charge < -0.3 is 0 Å². The van der Waals surface area contributed by atoms with Gasteiger partial charge >= 0.3 is 0 Å². The normalized spacial score (nSPS) is 9.69. The van der Waals surface area contributed by atoms with Gasteiger partial charge in [0, 0.05) is 6.07 Å². The number of hydrogen-bond acceptors (Lipinski definition) is 2. The smallest absolute Gasteiger partial charge is 0.238 e. The van der Waals surface area contributed by atoms with Gasteiger partial charge in [0.2, 0.25) is 6.41 Å². The fraction of sp³-hybridized carbons (Fsp3) is 0.222. The second-order valence-electron chi connectivity index (χ2n) is 2.24. The number of nitrogens with zero attached hydrogens (tertiary/aromatic N) is 1. The molecule has 0 fully saturated rings. The number of anilines is 1. The lowest BCUT2D eigenvalue weighted by atomic mass is 10.3. The number of carbonyl (C=O) groups excluding carboxylic acids is 1. The molecule has 0 aliphatic carbocycles. The van der Waals surface area contributed by atoms with Crippen molar-refractivity contribution in [2.45, 2.75) is 6.92 Å². The van der Waals surface area contributed by atoms with Crippen molar-refractivity contribution in [3.05, 3.63) is 29.3 Å². The number of amides is 1. The quantitative estimate of drug-likeness (QED) is 0.548. The van der Waals surface area contributed by atoms with E-state index in [1.807, 2.05) is 0 Å². The maximum Gasteiger partial charge on any atom is 0.238 e. The van der Waals surface area contributed by atoms with Gasteiger partial charge in [-0.05, 0) is 19.1 Å². The summed E-state index contributed by atoms with van der Waals surface area (Å²) in [7, 11) is 0. The van der Waals surface area contributed by atoms with Crippen LogP contribution in [0.1, 0.15) is 6.92 Å². The van der Waals surface area contributed by atoms with Crippen LogP contribution < -0.4 is 5.06 Å². The minimum Gasteiger partial charge on any atom is -0.276 e. The lowest BCUT2D eigenvalue weighted by Crippen LogP contribution is -2.21. The first-order valence-corrected chi connectivity index (χ1v) is 4.20. The largest absolute Gasteiger partial charge is 0.276 e. The number of hydrogen-bond donors (Lipinski definition) is 0. The van der Waals surface area contributed by atoms with E-state index in [0.29, 0.717) is 23.7 Å². The zero-order valence-electron chi connectivity index (χ0n) is 7.16. The molecule has 13 heavy (non-hydrogen) atoms. The van der Waals surface area contributed by atoms with Gasteiger partial charge in [-0.1, -0.05) is 17.7 Å². The van der Waals surface area contributed by atoms with E-state index in [9.17, 15) is 4.79 Å². The lowest BCUT2D eigenvalue weighted by Gasteiger charge is -2.15. The molecule has 0 N–H and O–H groups in total. The van der Waals surface area contributed by atoms with Crippen LogP contribution in [-0.2, 0) is 9.63 Å². The molecule has 3 nitrogen and oxygen atoms in total. The number of benzene rings is 1. The van der Waals surface area contributed by atoms with Gasteiger partial charge in [-0.15, -0.1) is 0 Å². The van der Waals surface area contributed by atoms with Crippen molar-refractivity contribution < 1.29 is 9.63 Å². The van der Waals surface area contributed by atoms with E-state index in [2.05, 4.69) is 6.07 Å². The number of hydroxylamine groups is 1. The standard InChI is InChI=1S/C9H9ClNO2/c1-2-13-11(7-12)9-5-3-4-8(10)6-9/h3,5-7H,2H2,1H3. The van der Waals surface area contributed by atoms with E-state index < -0.39 is 0 Å². The van der Waals surface area contributed by atoms with Gasteiger partial charge in [0.1, 0.15) is 0 Å². The van der Waals surface area contributed by atoms with Crippen LogP contribution in [0.3, 0.4) is 0 Å². The van der Waals surface area contributed by atoms with Gasteiger partial charge in [0.15, 0.2) is 0 Å². The zero-order chi connectivity index (χ0) is 9.68. The summed E-state index contributed by atoms with van der Waals surface area (Å²) in [6.07, 6.45) is 0.592. The Hall–Kier alpha value is -1.06. The van der Waals surface area contributed by atoms with Crippen molar-refractivity contribution in [1.82, 2.24) is 0 Å². The molecule has 1 radical (unpaired) electrons. The van der Waals surface area contributed by atoms with E-state index in [4.69, 9.17) is 16.4 Å². The maximum absolute atomic E-state index is 10.6. The highest BCUT2D eigenvalue weighted by molar-refractivity contribution is 6.30. The SMILES string of the molecule is CCON(C=O)c1cc[c]c(Cl)c1. The van der Waals surface area contributed by atoms with Crippen molar-refractivity contribution in [1.29, 1.82) is 0 Å². The highest BCUT2D eigenvalue weighted by atomic mass is 35.5. The van der Waals surface area contributed by atoms with Gasteiger partial charge in [-0.3, -0.25) is 9.63 Å². The van der Waals surface area contributed by atoms with Crippen LogP contribution in [0.4, 0.5) is 5.69 Å². The molecule has 1 aromatic rings. The minimum absolute atomic E-state index is 0.426. The summed E-state index contributed by atoms with van der Waals surface area (Å²) in [5.74, 6) is 0. The van der Waals surface area contributed by atoms with Crippen LogP contribution in [0.25, 0.3) is 0 Å². The molecule has 0 aromatic heterocycles. The van der Waals surface area contributed by atoms with Crippen LogP contribution >= 0.6 is 11.6 Å². The summed E-state index contributed by atoms with van der Waals surface area (Å²) < 4.78 is 0. The molecule has 4 heteroatoms. The molecule has 0 unspecified atom stereocenters. The molecule has 0 aliphatic rings. The minimum atomic E-state index is 0.426. The molecule has 0 bridgehead atoms. The molecule has 1 aromatic carbocycles. The molecule has 69 valence electrons. The van der Waals surface area contributed by atoms with E-state index in [-0.39, 0.29) is 0 Å². The zero-order valence-corrected chi connectivity index (χ0v) is 7.91. The van der Waals surface area contributed by atoms with Crippen LogP contribution in [0.2, 0.25) is 5.02 Å². The Balaban J connectivity index is 2.84. The summed E-state index contributed by atoms with van der Waals surface area (Å²) in [5.41, 5.74) is 0.598. The van der Waals surface area contributed by atoms with Crippen molar-refractivity contribution in [3.63, 3.8) is 0 Å². The van der Waals surface area contributed by atoms with E-state index >= 15 is 0 Å². The third kappa shape index (κ3) is 2.72. The van der Waals surface area contributed by atoms with E-state index in [0.717, 1.165) is 5.06 Å². The van der Waals surface area contributed by atoms with Crippen LogP contribution in [0.15, 0.2) is 18.2 Å². The van der Waals surface area contributed by atoms with Crippen molar-refractivity contribution in [2.24, 2.45) is 0 Å². The molecule has 0 saturated carbocycles. The topological polar surface area (TPSA) is 29.5 Å². The molecule has 0 aliphatic heterocycles. The second kappa shape index (κ2) is 4.84. The Labute approximate surface area is 81.8 Å². The summed E-state index contributed by atoms with van der Waals surface area (Å²) in [5, 5.41) is 1.57. The summed E-state index contributed by atoms with van der Waals surface area (Å²) in [6.45, 7) is 2.22. The Morgan fingerprint density at radius 1 is 1.77 bits per heavy atom. The monoisotopic (exact) mass is 198 g/mol. The number of rotatable bonds is 4. The predicted molar refractivity (Wildman–Crippen MR) is 50.5 cm³/mol. The van der Waals surface area contributed by atoms with Crippen LogP contribution in [0.5, 0.6) is 0 Å². The number of halogens is 1. The molecule has 1 amide bonds. The van der Waals surface area contributed by atoms with Crippen LogP contribution in [0, 0.1) is 6.07 Å². The molecular weight excluding hydrogens is 190 g/mol. The van der Waals surface area contributed by atoms with E-state index in [1.165, 1.54) is 0 Å². The highest BCUT2D eigenvalue weighted by Crippen LogP contribution is 2.17. The van der Waals surface area contributed by atoms with Crippen molar-refractivity contribution in [2.75, 3.05) is 11.7 Å². The third-order valence-corrected chi connectivity index (χ3v) is 1.59. The Morgan fingerprint density at radius 2 is 2.54 bits per heavy atom. The fourth-order valence-electron chi connectivity index (χ4n) is 0.868. The summed E-state index contributed by atoms with van der Waals surface area (Å²) in [4.78, 5) is 15.6. The summed E-state index contributed by atoms with van der Waals surface area (Å²) >= 11 is 5.69. The summed E-state index contributed by atoms with van der Waals surface area (Å²) in [6, 6.07) is 7.69. The first-order chi connectivity index (χ1) is 6.27. The van der Waals surface area contributed by atoms with Gasteiger partial charge in [-0.25, -0.2) is 0 Å². The maximum atomic E-state index is 10.6. The molecule has 0 atom stereocenters. The lowest BCUT2D eigenvalue weighted by molar-refractivity contribution is -0.113. The Morgan fingerprint density at radius 3 is 3.08 bits per heavy atom. The predicted octanol–water partition coefficient (Wildman–Crippen LogP) is 2.05. The van der Waals surface area contributed by atoms with Gasteiger partial charge in [0.25, 0.3) is 0 Å². The third-order valence-electron chi connectivity index (χ3n) is 1.37. The van der Waals surface area contributed by atoms with E-state index in [1.54, 1.807) is 25.1 Å². The Kier molecular flexibility index (Phi) is 3.73. The van der Waals surface area contributed by atoms with Crippen molar-refractivity contribution in [3.8, 4) is 0 Å². The second-order valence-corrected chi connectivity index (χ2v) is 2.65. The molecule has 0 heterocycles. The first kappa shape index (κ1) is 10.0. The van der Waals surface area contributed by atoms with Crippen molar-refractivity contribution >= 4 is 23.7 Å². The van der Waals surface area contributed by atoms with Gasteiger partial charge in [-0.2, -0.15) is 5.06 Å². The van der Waals surface area contributed by atoms with Crippen LogP contribution in [-0.4, -0.2) is 13.0 Å². The molecule has 0 spiro atoms. The molecular formula is C9H9ClNO2. The molecule has 0 saturated heterocycles. The van der Waals surface area contributed by atoms with Gasteiger partial charge in [0.05, 0.1) is 17.3 Å². The number of carbonyl (C=O) groups is 1. The highest BCUT2D eigenvalue weighted by Gasteiger charge is 2.04. The first-order valence-electron chi connectivity index (χ1n) is 3.82. The average molecular weight is 199 g/mol. The Bertz CT molecular complexity index is 291. The average Bonchev–Trinajstić information content (AvgIpc) is 2.14. The molecule has 1 rings (SSSR count).